The first-order chi connectivity index (χ1) is 14.5. The van der Waals surface area contributed by atoms with Crippen molar-refractivity contribution in [3.05, 3.63) is 57.5 Å². The van der Waals surface area contributed by atoms with Gasteiger partial charge < -0.3 is 15.1 Å². The number of piperazine rings is 1. The number of hydrogen-bond donors (Lipinski definition) is 1. The van der Waals surface area contributed by atoms with Crippen LogP contribution in [0.5, 0.6) is 0 Å². The van der Waals surface area contributed by atoms with Gasteiger partial charge in [-0.25, -0.2) is 14.8 Å². The van der Waals surface area contributed by atoms with Crippen molar-refractivity contribution in [2.45, 2.75) is 20.4 Å². The van der Waals surface area contributed by atoms with Crippen LogP contribution in [0.3, 0.4) is 0 Å². The van der Waals surface area contributed by atoms with Crippen molar-refractivity contribution in [3.63, 3.8) is 0 Å². The van der Waals surface area contributed by atoms with Crippen molar-refractivity contribution in [3.8, 4) is 0 Å². The van der Waals surface area contributed by atoms with Crippen molar-refractivity contribution in [1.82, 2.24) is 19.4 Å². The third kappa shape index (κ3) is 3.70. The Kier molecular flexibility index (Phi) is 5.59. The van der Waals surface area contributed by atoms with Crippen LogP contribution in [0.2, 0.25) is 5.02 Å². The quantitative estimate of drug-likeness (QED) is 0.695. The van der Waals surface area contributed by atoms with E-state index in [-0.39, 0.29) is 11.6 Å². The van der Waals surface area contributed by atoms with Crippen LogP contribution in [0.15, 0.2) is 41.3 Å². The van der Waals surface area contributed by atoms with Crippen LogP contribution in [0.25, 0.3) is 11.2 Å². The fraction of sp³-hybridized carbons (Fsp3) is 0.333. The number of rotatable bonds is 3. The van der Waals surface area contributed by atoms with Gasteiger partial charge in [-0.2, -0.15) is 0 Å². The number of anilines is 2. The number of carbonyl (C=O) groups is 1. The molecule has 3 aromatic rings. The average Bonchev–Trinajstić information content (AvgIpc) is 2.76. The summed E-state index contributed by atoms with van der Waals surface area (Å²) in [4.78, 5) is 38.2. The van der Waals surface area contributed by atoms with E-state index in [0.29, 0.717) is 60.4 Å². The molecule has 2 aromatic heterocycles. The molecule has 1 aliphatic heterocycles. The number of aryl methyl sites for hydroxylation is 1. The van der Waals surface area contributed by atoms with Crippen LogP contribution in [0, 0.1) is 6.92 Å². The molecule has 0 atom stereocenters. The van der Waals surface area contributed by atoms with Crippen LogP contribution < -0.4 is 15.8 Å². The lowest BCUT2D eigenvalue weighted by molar-refractivity contribution is 0.208. The lowest BCUT2D eigenvalue weighted by Crippen LogP contribution is -2.51. The van der Waals surface area contributed by atoms with E-state index in [0.717, 1.165) is 5.56 Å². The van der Waals surface area contributed by atoms with Crippen molar-refractivity contribution in [2.24, 2.45) is 0 Å². The fourth-order valence-electron chi connectivity index (χ4n) is 3.62. The number of nitrogens with one attached hydrogen (secondary N) is 1. The van der Waals surface area contributed by atoms with Crippen molar-refractivity contribution in [2.75, 3.05) is 36.4 Å². The molecule has 0 radical (unpaired) electrons. The number of carbonyl (C=O) groups excluding carboxylic acids is 1. The first-order valence-electron chi connectivity index (χ1n) is 9.91. The summed E-state index contributed by atoms with van der Waals surface area (Å²) in [6.07, 6.45) is 1.66. The van der Waals surface area contributed by atoms with Crippen molar-refractivity contribution >= 4 is 40.3 Å². The lowest BCUT2D eigenvalue weighted by Gasteiger charge is -2.35. The molecule has 4 rings (SSSR count). The minimum Gasteiger partial charge on any atom is -0.348 e. The van der Waals surface area contributed by atoms with E-state index in [1.807, 2.05) is 43.0 Å². The third-order valence-corrected chi connectivity index (χ3v) is 5.79. The molecular formula is C21H23ClN6O2. The summed E-state index contributed by atoms with van der Waals surface area (Å²) < 4.78 is 1.64. The highest BCUT2D eigenvalue weighted by Crippen LogP contribution is 2.23. The number of aromatic nitrogens is 3. The number of benzene rings is 1. The van der Waals surface area contributed by atoms with Crippen LogP contribution in [0.1, 0.15) is 12.5 Å². The first-order valence-corrected chi connectivity index (χ1v) is 10.3. The second-order valence-electron chi connectivity index (χ2n) is 7.15. The van der Waals surface area contributed by atoms with Gasteiger partial charge in [0.2, 0.25) is 0 Å². The second kappa shape index (κ2) is 8.31. The topological polar surface area (TPSA) is 83.4 Å². The number of urea groups is 1. The number of nitrogens with zero attached hydrogens (tertiary/aromatic N) is 5. The van der Waals surface area contributed by atoms with Gasteiger partial charge >= 0.3 is 6.03 Å². The highest BCUT2D eigenvalue weighted by Gasteiger charge is 2.25. The van der Waals surface area contributed by atoms with Crippen LogP contribution in [-0.2, 0) is 6.54 Å². The maximum absolute atomic E-state index is 13.0. The number of hydrogen-bond acceptors (Lipinski definition) is 5. The van der Waals surface area contributed by atoms with E-state index in [2.05, 4.69) is 15.3 Å². The Hall–Kier alpha value is -3.13. The maximum atomic E-state index is 13.0. The summed E-state index contributed by atoms with van der Waals surface area (Å²) in [6.45, 7) is 6.34. The Morgan fingerprint density at radius 3 is 2.67 bits per heavy atom. The largest absolute Gasteiger partial charge is 0.348 e. The summed E-state index contributed by atoms with van der Waals surface area (Å²) in [5.74, 6) is 0.406. The molecule has 30 heavy (non-hydrogen) atoms. The Morgan fingerprint density at radius 2 is 1.93 bits per heavy atom. The predicted octanol–water partition coefficient (Wildman–Crippen LogP) is 3.13. The smallest absolute Gasteiger partial charge is 0.321 e. The zero-order chi connectivity index (χ0) is 21.3. The highest BCUT2D eigenvalue weighted by molar-refractivity contribution is 6.31. The van der Waals surface area contributed by atoms with Gasteiger partial charge in [0.1, 0.15) is 5.52 Å². The van der Waals surface area contributed by atoms with Gasteiger partial charge in [-0.1, -0.05) is 17.7 Å². The second-order valence-corrected chi connectivity index (χ2v) is 7.55. The molecule has 0 spiro atoms. The summed E-state index contributed by atoms with van der Waals surface area (Å²) in [5.41, 5.74) is 2.65. The van der Waals surface area contributed by atoms with Gasteiger partial charge in [0.25, 0.3) is 5.56 Å². The van der Waals surface area contributed by atoms with Crippen LogP contribution in [0.4, 0.5) is 16.3 Å². The molecule has 0 aliphatic carbocycles. The summed E-state index contributed by atoms with van der Waals surface area (Å²) >= 11 is 6.14. The van der Waals surface area contributed by atoms with Crippen molar-refractivity contribution < 1.29 is 4.79 Å². The van der Waals surface area contributed by atoms with Crippen LogP contribution in [-0.4, -0.2) is 51.6 Å². The molecule has 2 amide bonds. The van der Waals surface area contributed by atoms with E-state index in [9.17, 15) is 9.59 Å². The molecule has 1 fully saturated rings. The van der Waals surface area contributed by atoms with E-state index in [4.69, 9.17) is 11.6 Å². The molecule has 9 heteroatoms. The lowest BCUT2D eigenvalue weighted by atomic mass is 10.2. The van der Waals surface area contributed by atoms with Gasteiger partial charge in [-0.15, -0.1) is 0 Å². The summed E-state index contributed by atoms with van der Waals surface area (Å²) in [7, 11) is 0. The molecule has 1 saturated heterocycles. The van der Waals surface area contributed by atoms with E-state index in [1.165, 1.54) is 0 Å². The molecule has 3 heterocycles. The normalized spacial score (nSPS) is 14.2. The molecule has 1 aromatic carbocycles. The number of fused-ring (bicyclic) bond motifs is 1. The third-order valence-electron chi connectivity index (χ3n) is 5.38. The standard InChI is InChI=1S/C21H23ClN6O2/c1-3-28-18-17(8-5-9-23-18)24-19(20(28)29)26-10-12-27(13-11-26)21(30)25-16-7-4-6-15(22)14(16)2/h4-9H,3,10-13H2,1-2H3,(H,25,30). The van der Waals surface area contributed by atoms with Gasteiger partial charge in [-0.05, 0) is 43.7 Å². The minimum atomic E-state index is -0.179. The zero-order valence-electron chi connectivity index (χ0n) is 16.9. The molecule has 0 saturated carbocycles. The molecular weight excluding hydrogens is 404 g/mol. The molecule has 8 nitrogen and oxygen atoms in total. The Labute approximate surface area is 179 Å². The minimum absolute atomic E-state index is 0.156. The summed E-state index contributed by atoms with van der Waals surface area (Å²) in [6, 6.07) is 8.91. The zero-order valence-corrected chi connectivity index (χ0v) is 17.7. The number of halogens is 1. The molecule has 0 unspecified atom stereocenters. The van der Waals surface area contributed by atoms with E-state index < -0.39 is 0 Å². The predicted molar refractivity (Wildman–Crippen MR) is 118 cm³/mol. The average molecular weight is 427 g/mol. The fourth-order valence-corrected chi connectivity index (χ4v) is 3.79. The Bertz CT molecular complexity index is 1150. The first kappa shape index (κ1) is 20.2. The van der Waals surface area contributed by atoms with E-state index >= 15 is 0 Å². The van der Waals surface area contributed by atoms with Crippen molar-refractivity contribution in [1.29, 1.82) is 0 Å². The Balaban J connectivity index is 1.50. The monoisotopic (exact) mass is 426 g/mol. The SMILES string of the molecule is CCn1c(=O)c(N2CCN(C(=O)Nc3cccc(Cl)c3C)CC2)nc2cccnc21. The van der Waals surface area contributed by atoms with E-state index in [1.54, 1.807) is 21.7 Å². The highest BCUT2D eigenvalue weighted by atomic mass is 35.5. The number of pyridine rings is 1. The molecule has 1 N–H and O–H groups in total. The van der Waals surface area contributed by atoms with Gasteiger partial charge in [0, 0.05) is 49.6 Å². The number of amides is 2. The Morgan fingerprint density at radius 1 is 1.17 bits per heavy atom. The van der Waals surface area contributed by atoms with Crippen LogP contribution >= 0.6 is 11.6 Å². The van der Waals surface area contributed by atoms with Gasteiger partial charge in [0.15, 0.2) is 11.5 Å². The maximum Gasteiger partial charge on any atom is 0.321 e. The summed E-state index contributed by atoms with van der Waals surface area (Å²) in [5, 5.41) is 3.54. The van der Waals surface area contributed by atoms with Gasteiger partial charge in [0.05, 0.1) is 0 Å². The molecule has 0 bridgehead atoms. The molecule has 156 valence electrons. The molecule has 1 aliphatic rings. The van der Waals surface area contributed by atoms with Gasteiger partial charge in [-0.3, -0.25) is 9.36 Å².